The van der Waals surface area contributed by atoms with E-state index in [0.29, 0.717) is 12.5 Å². The Morgan fingerprint density at radius 1 is 0.452 bits per heavy atom. The Morgan fingerprint density at radius 3 is 0.929 bits per heavy atom. The van der Waals surface area contributed by atoms with Crippen LogP contribution in [0, 0.1) is 0 Å². The summed E-state index contributed by atoms with van der Waals surface area (Å²) in [6.07, 6.45) is 43.2. The topological polar surface area (TPSA) is 40.5 Å². The molecular formula is C39H79NO2. The van der Waals surface area contributed by atoms with Crippen LogP contribution in [0.2, 0.25) is 0 Å². The largest absolute Gasteiger partial charge is 0.481 e. The van der Waals surface area contributed by atoms with Crippen molar-refractivity contribution in [2.24, 2.45) is 0 Å². The Hall–Kier alpha value is -0.570. The number of hydrogen-bond donors (Lipinski definition) is 1. The summed E-state index contributed by atoms with van der Waals surface area (Å²) in [5.41, 5.74) is 0. The molecule has 0 aliphatic rings. The summed E-state index contributed by atoms with van der Waals surface area (Å²) in [6, 6.07) is 0.388. The number of carboxylic acids is 1. The van der Waals surface area contributed by atoms with Gasteiger partial charge in [0.1, 0.15) is 0 Å². The van der Waals surface area contributed by atoms with Crippen molar-refractivity contribution >= 4 is 5.97 Å². The maximum Gasteiger partial charge on any atom is 0.303 e. The highest BCUT2D eigenvalue weighted by atomic mass is 16.4. The molecule has 0 aliphatic heterocycles. The molecule has 0 fully saturated rings. The molecule has 252 valence electrons. The van der Waals surface area contributed by atoms with Gasteiger partial charge in [-0.15, -0.1) is 0 Å². The molecule has 0 aromatic carbocycles. The smallest absolute Gasteiger partial charge is 0.303 e. The predicted octanol–water partition coefficient (Wildman–Crippen LogP) is 13.3. The summed E-state index contributed by atoms with van der Waals surface area (Å²) in [7, 11) is 0. The maximum atomic E-state index is 11.1. The first-order valence-electron chi connectivity index (χ1n) is 19.6. The molecule has 1 unspecified atom stereocenters. The summed E-state index contributed by atoms with van der Waals surface area (Å²) in [5.74, 6) is -0.652. The van der Waals surface area contributed by atoms with Gasteiger partial charge in [-0.2, -0.15) is 0 Å². The number of hydrogen-bond acceptors (Lipinski definition) is 2. The molecule has 0 rings (SSSR count). The highest BCUT2D eigenvalue weighted by Crippen LogP contribution is 2.17. The quantitative estimate of drug-likeness (QED) is 0.0734. The molecular weight excluding hydrogens is 514 g/mol. The Balaban J connectivity index is 3.77. The molecule has 42 heavy (non-hydrogen) atoms. The van der Waals surface area contributed by atoms with Gasteiger partial charge in [-0.05, 0) is 39.3 Å². The Kier molecular flexibility index (Phi) is 34.4. The standard InChI is InChI=1S/C39H79NO2/c1-4-6-8-10-12-14-16-18-20-22-24-26-28-30-32-36-40(38(3)34-35-39(41)42)37-33-31-29-27-25-23-21-19-17-15-13-11-9-7-5-2/h38H,4-37H2,1-3H3,(H,41,42). The molecule has 3 nitrogen and oxygen atoms in total. The van der Waals surface area contributed by atoms with Crippen LogP contribution >= 0.6 is 0 Å². The summed E-state index contributed by atoms with van der Waals surface area (Å²) >= 11 is 0. The van der Waals surface area contributed by atoms with Crippen LogP contribution in [0.5, 0.6) is 0 Å². The van der Waals surface area contributed by atoms with Gasteiger partial charge in [0.15, 0.2) is 0 Å². The third-order valence-electron chi connectivity index (χ3n) is 9.50. The lowest BCUT2D eigenvalue weighted by atomic mass is 10.0. The van der Waals surface area contributed by atoms with Crippen molar-refractivity contribution in [3.8, 4) is 0 Å². The molecule has 0 bridgehead atoms. The minimum Gasteiger partial charge on any atom is -0.481 e. The van der Waals surface area contributed by atoms with Crippen molar-refractivity contribution in [3.05, 3.63) is 0 Å². The zero-order valence-corrected chi connectivity index (χ0v) is 29.4. The van der Waals surface area contributed by atoms with Crippen LogP contribution in [0.3, 0.4) is 0 Å². The van der Waals surface area contributed by atoms with E-state index in [1.807, 2.05) is 0 Å². The highest BCUT2D eigenvalue weighted by molar-refractivity contribution is 5.66. The van der Waals surface area contributed by atoms with Gasteiger partial charge in [0.05, 0.1) is 0 Å². The van der Waals surface area contributed by atoms with Crippen LogP contribution in [0.4, 0.5) is 0 Å². The van der Waals surface area contributed by atoms with Crippen LogP contribution in [0.15, 0.2) is 0 Å². The van der Waals surface area contributed by atoms with Crippen LogP contribution < -0.4 is 0 Å². The van der Waals surface area contributed by atoms with Gasteiger partial charge in [0, 0.05) is 12.5 Å². The van der Waals surface area contributed by atoms with E-state index >= 15 is 0 Å². The Labute approximate surface area is 265 Å². The van der Waals surface area contributed by atoms with Gasteiger partial charge < -0.3 is 10.0 Å². The SMILES string of the molecule is CCCCCCCCCCCCCCCCCN(CCCCCCCCCCCCCCCCC)C(C)CCC(=O)O. The first kappa shape index (κ1) is 41.4. The summed E-state index contributed by atoms with van der Waals surface area (Å²) < 4.78 is 0. The van der Waals surface area contributed by atoms with Gasteiger partial charge in [-0.1, -0.05) is 194 Å². The highest BCUT2D eigenvalue weighted by Gasteiger charge is 2.14. The van der Waals surface area contributed by atoms with Crippen molar-refractivity contribution < 1.29 is 9.90 Å². The molecule has 1 atom stereocenters. The van der Waals surface area contributed by atoms with E-state index in [1.54, 1.807) is 0 Å². The molecule has 0 spiro atoms. The molecule has 0 amide bonds. The molecule has 0 saturated carbocycles. The minimum atomic E-state index is -0.652. The average molecular weight is 594 g/mol. The zero-order valence-electron chi connectivity index (χ0n) is 29.4. The van der Waals surface area contributed by atoms with E-state index in [9.17, 15) is 4.79 Å². The van der Waals surface area contributed by atoms with E-state index in [4.69, 9.17) is 5.11 Å². The fourth-order valence-electron chi connectivity index (χ4n) is 6.44. The second kappa shape index (κ2) is 34.9. The summed E-state index contributed by atoms with van der Waals surface area (Å²) in [4.78, 5) is 13.7. The van der Waals surface area contributed by atoms with Crippen LogP contribution in [0.25, 0.3) is 0 Å². The second-order valence-electron chi connectivity index (χ2n) is 13.7. The van der Waals surface area contributed by atoms with E-state index in [2.05, 4.69) is 25.7 Å². The molecule has 0 aromatic rings. The number of nitrogens with zero attached hydrogens (tertiary/aromatic N) is 1. The zero-order chi connectivity index (χ0) is 30.8. The van der Waals surface area contributed by atoms with Crippen molar-refractivity contribution in [2.45, 2.75) is 232 Å². The monoisotopic (exact) mass is 594 g/mol. The lowest BCUT2D eigenvalue weighted by Crippen LogP contribution is -2.35. The molecule has 3 heteroatoms. The number of rotatable bonds is 36. The molecule has 1 N–H and O–H groups in total. The van der Waals surface area contributed by atoms with Crippen molar-refractivity contribution in [2.75, 3.05) is 13.1 Å². The number of unbranched alkanes of at least 4 members (excludes halogenated alkanes) is 28. The van der Waals surface area contributed by atoms with E-state index in [1.165, 1.54) is 193 Å². The maximum absolute atomic E-state index is 11.1. The van der Waals surface area contributed by atoms with Crippen LogP contribution in [-0.4, -0.2) is 35.1 Å². The molecule has 0 aromatic heterocycles. The number of carbonyl (C=O) groups is 1. The van der Waals surface area contributed by atoms with Gasteiger partial charge in [0.2, 0.25) is 0 Å². The van der Waals surface area contributed by atoms with Crippen LogP contribution in [0.1, 0.15) is 226 Å². The van der Waals surface area contributed by atoms with E-state index in [0.717, 1.165) is 19.5 Å². The van der Waals surface area contributed by atoms with Gasteiger partial charge >= 0.3 is 5.97 Å². The fourth-order valence-corrected chi connectivity index (χ4v) is 6.44. The molecule has 0 radical (unpaired) electrons. The van der Waals surface area contributed by atoms with E-state index < -0.39 is 5.97 Å². The van der Waals surface area contributed by atoms with Crippen molar-refractivity contribution in [3.63, 3.8) is 0 Å². The number of aliphatic carboxylic acids is 1. The second-order valence-corrected chi connectivity index (χ2v) is 13.7. The van der Waals surface area contributed by atoms with E-state index in [-0.39, 0.29) is 0 Å². The normalized spacial score (nSPS) is 12.4. The lowest BCUT2D eigenvalue weighted by molar-refractivity contribution is -0.137. The summed E-state index contributed by atoms with van der Waals surface area (Å²) in [6.45, 7) is 9.14. The third-order valence-corrected chi connectivity index (χ3v) is 9.50. The first-order valence-corrected chi connectivity index (χ1v) is 19.6. The lowest BCUT2D eigenvalue weighted by Gasteiger charge is -2.29. The van der Waals surface area contributed by atoms with Crippen molar-refractivity contribution in [1.29, 1.82) is 0 Å². The fraction of sp³-hybridized carbons (Fsp3) is 0.974. The Bertz CT molecular complexity index is 489. The van der Waals surface area contributed by atoms with Crippen LogP contribution in [-0.2, 0) is 4.79 Å². The van der Waals surface area contributed by atoms with Crippen molar-refractivity contribution in [1.82, 2.24) is 4.90 Å². The minimum absolute atomic E-state index is 0.301. The first-order chi connectivity index (χ1) is 20.6. The third kappa shape index (κ3) is 32.3. The predicted molar refractivity (Wildman–Crippen MR) is 188 cm³/mol. The molecule has 0 saturated heterocycles. The number of carboxylic acid groups (broad SMARTS) is 1. The average Bonchev–Trinajstić information content (AvgIpc) is 2.98. The van der Waals surface area contributed by atoms with Gasteiger partial charge in [-0.25, -0.2) is 0 Å². The van der Waals surface area contributed by atoms with Gasteiger partial charge in [-0.3, -0.25) is 4.79 Å². The molecule has 0 heterocycles. The van der Waals surface area contributed by atoms with Gasteiger partial charge in [0.25, 0.3) is 0 Å². The Morgan fingerprint density at radius 2 is 0.690 bits per heavy atom. The molecule has 0 aliphatic carbocycles. The summed E-state index contributed by atoms with van der Waals surface area (Å²) in [5, 5.41) is 9.16.